The summed E-state index contributed by atoms with van der Waals surface area (Å²) in [6, 6.07) is 11.5. The maximum Gasteiger partial charge on any atom is 0.340 e. The monoisotopic (exact) mass is 374 g/mol. The SMILES string of the molecule is CCOC(=O)c1ccccc1NC(=O)N1C[C@@H](C)Oc2ccc(Cl)cc21. The van der Waals surface area contributed by atoms with Crippen molar-refractivity contribution in [2.75, 3.05) is 23.4 Å². The number of urea groups is 1. The zero-order chi connectivity index (χ0) is 18.7. The fourth-order valence-electron chi connectivity index (χ4n) is 2.76. The van der Waals surface area contributed by atoms with E-state index in [1.54, 1.807) is 54.3 Å². The molecule has 3 rings (SSSR count). The number of hydrogen-bond acceptors (Lipinski definition) is 4. The molecule has 1 aliphatic heterocycles. The summed E-state index contributed by atoms with van der Waals surface area (Å²) in [6.45, 7) is 4.23. The van der Waals surface area contributed by atoms with Crippen molar-refractivity contribution in [3.63, 3.8) is 0 Å². The van der Waals surface area contributed by atoms with E-state index in [9.17, 15) is 9.59 Å². The number of ether oxygens (including phenoxy) is 2. The van der Waals surface area contributed by atoms with Crippen LogP contribution in [0.5, 0.6) is 5.75 Å². The van der Waals surface area contributed by atoms with Crippen LogP contribution in [0.4, 0.5) is 16.2 Å². The topological polar surface area (TPSA) is 67.9 Å². The van der Waals surface area contributed by atoms with Crippen molar-refractivity contribution < 1.29 is 19.1 Å². The first-order valence-electron chi connectivity index (χ1n) is 8.30. The van der Waals surface area contributed by atoms with Crippen LogP contribution in [0, 0.1) is 0 Å². The number of carbonyl (C=O) groups excluding carboxylic acids is 2. The molecule has 0 radical (unpaired) electrons. The highest BCUT2D eigenvalue weighted by Gasteiger charge is 2.28. The van der Waals surface area contributed by atoms with E-state index in [1.807, 2.05) is 6.92 Å². The number of carbonyl (C=O) groups is 2. The molecule has 0 saturated carbocycles. The van der Waals surface area contributed by atoms with Crippen LogP contribution in [0.15, 0.2) is 42.5 Å². The van der Waals surface area contributed by atoms with Crippen LogP contribution in [0.1, 0.15) is 24.2 Å². The summed E-state index contributed by atoms with van der Waals surface area (Å²) in [5.74, 6) is 0.101. The van der Waals surface area contributed by atoms with Crippen LogP contribution >= 0.6 is 11.6 Å². The lowest BCUT2D eigenvalue weighted by Gasteiger charge is -2.33. The molecule has 7 heteroatoms. The normalized spacial score (nSPS) is 15.7. The van der Waals surface area contributed by atoms with E-state index < -0.39 is 5.97 Å². The standard InChI is InChI=1S/C19H19ClN2O4/c1-3-25-18(23)14-6-4-5-7-15(14)21-19(24)22-11-12(2)26-17-9-8-13(20)10-16(17)22/h4-10,12H,3,11H2,1-2H3,(H,21,24)/t12-/m1/s1. The molecule has 2 aromatic rings. The molecule has 1 N–H and O–H groups in total. The van der Waals surface area contributed by atoms with E-state index in [4.69, 9.17) is 21.1 Å². The smallest absolute Gasteiger partial charge is 0.340 e. The van der Waals surface area contributed by atoms with Crippen molar-refractivity contribution in [2.24, 2.45) is 0 Å². The Morgan fingerprint density at radius 2 is 2.08 bits per heavy atom. The van der Waals surface area contributed by atoms with Crippen LogP contribution in [0.2, 0.25) is 5.02 Å². The molecule has 0 aliphatic carbocycles. The van der Waals surface area contributed by atoms with E-state index in [0.717, 1.165) is 0 Å². The summed E-state index contributed by atoms with van der Waals surface area (Å²) in [7, 11) is 0. The van der Waals surface area contributed by atoms with Crippen molar-refractivity contribution in [3.05, 3.63) is 53.1 Å². The first-order valence-corrected chi connectivity index (χ1v) is 8.68. The number of esters is 1. The summed E-state index contributed by atoms with van der Waals surface area (Å²) in [6.07, 6.45) is -0.172. The highest BCUT2D eigenvalue weighted by Crippen LogP contribution is 2.36. The van der Waals surface area contributed by atoms with Crippen LogP contribution in [0.3, 0.4) is 0 Å². The number of nitrogens with zero attached hydrogens (tertiary/aromatic N) is 1. The molecule has 0 spiro atoms. The molecule has 26 heavy (non-hydrogen) atoms. The highest BCUT2D eigenvalue weighted by atomic mass is 35.5. The number of benzene rings is 2. The van der Waals surface area contributed by atoms with Gasteiger partial charge in [0.05, 0.1) is 30.1 Å². The van der Waals surface area contributed by atoms with Crippen LogP contribution in [0.25, 0.3) is 0 Å². The fourth-order valence-corrected chi connectivity index (χ4v) is 2.93. The molecule has 0 unspecified atom stereocenters. The number of anilines is 2. The zero-order valence-corrected chi connectivity index (χ0v) is 15.2. The Kier molecular flexibility index (Phi) is 5.32. The number of para-hydroxylation sites is 1. The third-order valence-electron chi connectivity index (χ3n) is 3.89. The molecule has 2 aromatic carbocycles. The lowest BCUT2D eigenvalue weighted by Crippen LogP contribution is -2.44. The molecule has 0 saturated heterocycles. The Labute approximate surface area is 156 Å². The molecule has 0 fully saturated rings. The van der Waals surface area contributed by atoms with E-state index >= 15 is 0 Å². The second kappa shape index (κ2) is 7.66. The molecular weight excluding hydrogens is 356 g/mol. The van der Waals surface area contributed by atoms with E-state index in [0.29, 0.717) is 34.3 Å². The maximum absolute atomic E-state index is 12.9. The van der Waals surface area contributed by atoms with Gasteiger partial charge in [-0.25, -0.2) is 9.59 Å². The lowest BCUT2D eigenvalue weighted by molar-refractivity contribution is 0.0527. The number of rotatable bonds is 3. The average Bonchev–Trinajstić information content (AvgIpc) is 2.62. The van der Waals surface area contributed by atoms with Crippen molar-refractivity contribution in [3.8, 4) is 5.75 Å². The number of nitrogens with one attached hydrogen (secondary N) is 1. The molecule has 1 atom stereocenters. The predicted octanol–water partition coefficient (Wildman–Crippen LogP) is 4.34. The molecule has 2 amide bonds. The molecule has 0 aromatic heterocycles. The lowest BCUT2D eigenvalue weighted by atomic mass is 10.1. The largest absolute Gasteiger partial charge is 0.487 e. The van der Waals surface area contributed by atoms with Crippen molar-refractivity contribution >= 4 is 35.0 Å². The van der Waals surface area contributed by atoms with Crippen LogP contribution in [-0.4, -0.2) is 31.3 Å². The summed E-state index contributed by atoms with van der Waals surface area (Å²) < 4.78 is 10.8. The predicted molar refractivity (Wildman–Crippen MR) is 100 cm³/mol. The maximum atomic E-state index is 12.9. The second-order valence-corrected chi connectivity index (χ2v) is 6.28. The van der Waals surface area contributed by atoms with Gasteiger partial charge in [0.25, 0.3) is 0 Å². The summed E-state index contributed by atoms with van der Waals surface area (Å²) in [5, 5.41) is 3.29. The Morgan fingerprint density at radius 1 is 1.31 bits per heavy atom. The molecule has 1 aliphatic rings. The van der Waals surface area contributed by atoms with Crippen LogP contribution in [-0.2, 0) is 4.74 Å². The number of fused-ring (bicyclic) bond motifs is 1. The molecule has 1 heterocycles. The molecule has 6 nitrogen and oxygen atoms in total. The third-order valence-corrected chi connectivity index (χ3v) is 4.12. The van der Waals surface area contributed by atoms with Gasteiger partial charge in [0.2, 0.25) is 0 Å². The fraction of sp³-hybridized carbons (Fsp3) is 0.263. The van der Waals surface area contributed by atoms with Gasteiger partial charge in [-0.15, -0.1) is 0 Å². The van der Waals surface area contributed by atoms with E-state index in [-0.39, 0.29) is 18.7 Å². The number of amides is 2. The zero-order valence-electron chi connectivity index (χ0n) is 14.5. The van der Waals surface area contributed by atoms with Gasteiger partial charge in [-0.05, 0) is 44.2 Å². The first-order chi connectivity index (χ1) is 12.5. The van der Waals surface area contributed by atoms with Crippen molar-refractivity contribution in [1.29, 1.82) is 0 Å². The van der Waals surface area contributed by atoms with Gasteiger partial charge in [-0.1, -0.05) is 23.7 Å². The quantitative estimate of drug-likeness (QED) is 0.811. The van der Waals surface area contributed by atoms with Crippen molar-refractivity contribution in [1.82, 2.24) is 0 Å². The van der Waals surface area contributed by atoms with Gasteiger partial charge in [-0.3, -0.25) is 4.90 Å². The Bertz CT molecular complexity index is 840. The first kappa shape index (κ1) is 18.1. The molecule has 136 valence electrons. The average molecular weight is 375 g/mol. The minimum absolute atomic E-state index is 0.172. The summed E-state index contributed by atoms with van der Waals surface area (Å²) in [5.41, 5.74) is 1.27. The number of halogens is 1. The van der Waals surface area contributed by atoms with Gasteiger partial charge in [0, 0.05) is 5.02 Å². The van der Waals surface area contributed by atoms with Gasteiger partial charge >= 0.3 is 12.0 Å². The number of hydrogen-bond donors (Lipinski definition) is 1. The van der Waals surface area contributed by atoms with Gasteiger partial charge in [0.1, 0.15) is 11.9 Å². The summed E-state index contributed by atoms with van der Waals surface area (Å²) >= 11 is 6.07. The van der Waals surface area contributed by atoms with E-state index in [2.05, 4.69) is 5.32 Å². The van der Waals surface area contributed by atoms with Gasteiger partial charge < -0.3 is 14.8 Å². The second-order valence-electron chi connectivity index (χ2n) is 5.85. The molecule has 0 bridgehead atoms. The third kappa shape index (κ3) is 3.75. The van der Waals surface area contributed by atoms with Gasteiger partial charge in [0.15, 0.2) is 0 Å². The van der Waals surface area contributed by atoms with Crippen LogP contribution < -0.4 is 15.0 Å². The Hall–Kier alpha value is -2.73. The highest BCUT2D eigenvalue weighted by molar-refractivity contribution is 6.31. The van der Waals surface area contributed by atoms with E-state index in [1.165, 1.54) is 0 Å². The van der Waals surface area contributed by atoms with Gasteiger partial charge in [-0.2, -0.15) is 0 Å². The Balaban J connectivity index is 1.88. The van der Waals surface area contributed by atoms with Crippen molar-refractivity contribution in [2.45, 2.75) is 20.0 Å². The molecular formula is C19H19ClN2O4. The minimum atomic E-state index is -0.484. The summed E-state index contributed by atoms with van der Waals surface area (Å²) in [4.78, 5) is 26.5. The Morgan fingerprint density at radius 3 is 2.85 bits per heavy atom. The minimum Gasteiger partial charge on any atom is -0.487 e.